The molecule has 0 spiro atoms. The molecular formula is C16H19BrClNO. The van der Waals surface area contributed by atoms with Crippen LogP contribution in [0, 0.1) is 0 Å². The van der Waals surface area contributed by atoms with Gasteiger partial charge < -0.3 is 10.1 Å². The molecule has 0 unspecified atom stereocenters. The fourth-order valence-corrected chi connectivity index (χ4v) is 2.46. The van der Waals surface area contributed by atoms with E-state index >= 15 is 0 Å². The topological polar surface area (TPSA) is 21.3 Å². The molecule has 2 aromatic rings. The van der Waals surface area contributed by atoms with Crippen LogP contribution in [0.15, 0.2) is 53.0 Å². The Balaban J connectivity index is 0.00000200. The van der Waals surface area contributed by atoms with E-state index in [0.29, 0.717) is 0 Å². The van der Waals surface area contributed by atoms with E-state index in [9.17, 15) is 0 Å². The van der Waals surface area contributed by atoms with Gasteiger partial charge in [-0.3, -0.25) is 0 Å². The maximum absolute atomic E-state index is 5.34. The van der Waals surface area contributed by atoms with Gasteiger partial charge in [0.25, 0.3) is 0 Å². The molecule has 0 atom stereocenters. The van der Waals surface area contributed by atoms with Gasteiger partial charge in [-0.15, -0.1) is 12.4 Å². The average molecular weight is 357 g/mol. The van der Waals surface area contributed by atoms with Gasteiger partial charge in [-0.05, 0) is 42.3 Å². The summed E-state index contributed by atoms with van der Waals surface area (Å²) in [4.78, 5) is 0. The van der Waals surface area contributed by atoms with Crippen molar-refractivity contribution in [3.63, 3.8) is 0 Å². The summed E-state index contributed by atoms with van der Waals surface area (Å²) in [6.45, 7) is 1.82. The van der Waals surface area contributed by atoms with Crippen molar-refractivity contribution in [1.82, 2.24) is 5.32 Å². The van der Waals surface area contributed by atoms with E-state index in [-0.39, 0.29) is 12.4 Å². The zero-order chi connectivity index (χ0) is 13.5. The lowest BCUT2D eigenvalue weighted by Crippen LogP contribution is -2.16. The minimum atomic E-state index is 0. The van der Waals surface area contributed by atoms with Crippen LogP contribution in [0.25, 0.3) is 0 Å². The molecule has 2 aromatic carbocycles. The molecule has 0 aliphatic heterocycles. The molecule has 4 heteroatoms. The van der Waals surface area contributed by atoms with Crippen LogP contribution in [0.4, 0.5) is 0 Å². The van der Waals surface area contributed by atoms with E-state index < -0.39 is 0 Å². The van der Waals surface area contributed by atoms with Gasteiger partial charge in [0.2, 0.25) is 0 Å². The Bertz CT molecular complexity index is 533. The SMILES string of the molecule is COc1ccccc1CCNCc1cccc(Br)c1.Cl. The lowest BCUT2D eigenvalue weighted by Gasteiger charge is -2.09. The number of rotatable bonds is 6. The minimum absolute atomic E-state index is 0. The Morgan fingerprint density at radius 3 is 2.65 bits per heavy atom. The third-order valence-electron chi connectivity index (χ3n) is 2.98. The number of halogens is 2. The Labute approximate surface area is 135 Å². The molecule has 0 aliphatic carbocycles. The predicted octanol–water partition coefficient (Wildman–Crippen LogP) is 4.21. The number of nitrogens with one attached hydrogen (secondary N) is 1. The number of para-hydroxylation sites is 1. The van der Waals surface area contributed by atoms with Crippen molar-refractivity contribution in [2.75, 3.05) is 13.7 Å². The first kappa shape index (κ1) is 17.0. The van der Waals surface area contributed by atoms with Crippen LogP contribution in [0.3, 0.4) is 0 Å². The maximum atomic E-state index is 5.34. The van der Waals surface area contributed by atoms with E-state index in [1.54, 1.807) is 7.11 Å². The Morgan fingerprint density at radius 1 is 1.10 bits per heavy atom. The molecular weight excluding hydrogens is 338 g/mol. The molecule has 0 saturated heterocycles. The molecule has 0 aromatic heterocycles. The molecule has 20 heavy (non-hydrogen) atoms. The fraction of sp³-hybridized carbons (Fsp3) is 0.250. The Hall–Kier alpha value is -1.03. The van der Waals surface area contributed by atoms with E-state index in [2.05, 4.69) is 45.5 Å². The van der Waals surface area contributed by atoms with E-state index in [1.165, 1.54) is 11.1 Å². The zero-order valence-corrected chi connectivity index (χ0v) is 13.8. The second kappa shape index (κ2) is 9.01. The highest BCUT2D eigenvalue weighted by Crippen LogP contribution is 2.17. The highest BCUT2D eigenvalue weighted by atomic mass is 79.9. The second-order valence-electron chi connectivity index (χ2n) is 4.37. The van der Waals surface area contributed by atoms with Crippen molar-refractivity contribution in [2.45, 2.75) is 13.0 Å². The summed E-state index contributed by atoms with van der Waals surface area (Å²) in [7, 11) is 1.72. The zero-order valence-electron chi connectivity index (χ0n) is 11.4. The summed E-state index contributed by atoms with van der Waals surface area (Å²) in [5.74, 6) is 0.965. The maximum Gasteiger partial charge on any atom is 0.122 e. The van der Waals surface area contributed by atoms with Gasteiger partial charge in [-0.25, -0.2) is 0 Å². The van der Waals surface area contributed by atoms with Crippen LogP contribution < -0.4 is 10.1 Å². The summed E-state index contributed by atoms with van der Waals surface area (Å²) in [6.07, 6.45) is 0.970. The summed E-state index contributed by atoms with van der Waals surface area (Å²) in [5.41, 5.74) is 2.53. The third kappa shape index (κ3) is 5.16. The summed E-state index contributed by atoms with van der Waals surface area (Å²) in [6, 6.07) is 16.5. The third-order valence-corrected chi connectivity index (χ3v) is 3.48. The highest BCUT2D eigenvalue weighted by molar-refractivity contribution is 9.10. The van der Waals surface area contributed by atoms with Gasteiger partial charge in [0.05, 0.1) is 7.11 Å². The van der Waals surface area contributed by atoms with E-state index in [1.807, 2.05) is 24.3 Å². The van der Waals surface area contributed by atoms with E-state index in [0.717, 1.165) is 29.7 Å². The van der Waals surface area contributed by atoms with Gasteiger partial charge in [-0.2, -0.15) is 0 Å². The smallest absolute Gasteiger partial charge is 0.122 e. The molecule has 0 aliphatic rings. The van der Waals surface area contributed by atoms with Crippen LogP contribution in [0.5, 0.6) is 5.75 Å². The Kier molecular flexibility index (Phi) is 7.67. The largest absolute Gasteiger partial charge is 0.496 e. The molecule has 2 rings (SSSR count). The summed E-state index contributed by atoms with van der Waals surface area (Å²) in [5, 5.41) is 3.45. The van der Waals surface area contributed by atoms with Crippen LogP contribution in [-0.2, 0) is 13.0 Å². The molecule has 0 amide bonds. The van der Waals surface area contributed by atoms with Gasteiger partial charge in [-0.1, -0.05) is 46.3 Å². The van der Waals surface area contributed by atoms with E-state index in [4.69, 9.17) is 4.74 Å². The number of ether oxygens (including phenoxy) is 1. The van der Waals surface area contributed by atoms with Gasteiger partial charge in [0.1, 0.15) is 5.75 Å². The molecule has 0 saturated carbocycles. The normalized spacial score (nSPS) is 9.90. The van der Waals surface area contributed by atoms with Crippen molar-refractivity contribution < 1.29 is 4.74 Å². The minimum Gasteiger partial charge on any atom is -0.496 e. The monoisotopic (exact) mass is 355 g/mol. The lowest BCUT2D eigenvalue weighted by molar-refractivity contribution is 0.409. The second-order valence-corrected chi connectivity index (χ2v) is 5.28. The first-order valence-corrected chi connectivity index (χ1v) is 7.16. The molecule has 0 radical (unpaired) electrons. The number of benzene rings is 2. The van der Waals surface area contributed by atoms with Crippen LogP contribution in [0.2, 0.25) is 0 Å². The molecule has 2 nitrogen and oxygen atoms in total. The summed E-state index contributed by atoms with van der Waals surface area (Å²) >= 11 is 3.48. The van der Waals surface area contributed by atoms with Crippen molar-refractivity contribution in [2.24, 2.45) is 0 Å². The van der Waals surface area contributed by atoms with Crippen molar-refractivity contribution in [1.29, 1.82) is 0 Å². The molecule has 1 N–H and O–H groups in total. The number of hydrogen-bond donors (Lipinski definition) is 1. The summed E-state index contributed by atoms with van der Waals surface area (Å²) < 4.78 is 6.46. The Morgan fingerprint density at radius 2 is 1.90 bits per heavy atom. The van der Waals surface area contributed by atoms with Crippen LogP contribution in [-0.4, -0.2) is 13.7 Å². The number of methoxy groups -OCH3 is 1. The predicted molar refractivity (Wildman–Crippen MR) is 89.8 cm³/mol. The van der Waals surface area contributed by atoms with Crippen molar-refractivity contribution in [3.05, 3.63) is 64.1 Å². The first-order chi connectivity index (χ1) is 9.29. The van der Waals surface area contributed by atoms with Crippen molar-refractivity contribution in [3.8, 4) is 5.75 Å². The van der Waals surface area contributed by atoms with Gasteiger partial charge in [0, 0.05) is 11.0 Å². The molecule has 0 bridgehead atoms. The number of hydrogen-bond acceptors (Lipinski definition) is 2. The van der Waals surface area contributed by atoms with Gasteiger partial charge >= 0.3 is 0 Å². The first-order valence-electron chi connectivity index (χ1n) is 6.36. The lowest BCUT2D eigenvalue weighted by atomic mass is 10.1. The quantitative estimate of drug-likeness (QED) is 0.783. The average Bonchev–Trinajstić information content (AvgIpc) is 2.44. The van der Waals surface area contributed by atoms with Gasteiger partial charge in [0.15, 0.2) is 0 Å². The standard InChI is InChI=1S/C16H18BrNO.ClH/c1-19-16-8-3-2-6-14(16)9-10-18-12-13-5-4-7-15(17)11-13;/h2-8,11,18H,9-10,12H2,1H3;1H. The molecule has 0 heterocycles. The fourth-order valence-electron chi connectivity index (χ4n) is 2.01. The van der Waals surface area contributed by atoms with Crippen LogP contribution >= 0.6 is 28.3 Å². The highest BCUT2D eigenvalue weighted by Gasteiger charge is 2.01. The van der Waals surface area contributed by atoms with Crippen molar-refractivity contribution >= 4 is 28.3 Å². The molecule has 0 fully saturated rings. The molecule has 108 valence electrons. The van der Waals surface area contributed by atoms with Crippen LogP contribution in [0.1, 0.15) is 11.1 Å².